The average Bonchev–Trinajstić information content (AvgIpc) is 2.65. The smallest absolute Gasteiger partial charge is 0.340 e. The van der Waals surface area contributed by atoms with E-state index in [0.717, 1.165) is 4.88 Å². The first-order chi connectivity index (χ1) is 7.99. The highest BCUT2D eigenvalue weighted by Gasteiger charge is 2.16. The molecule has 17 heavy (non-hydrogen) atoms. The fraction of sp³-hybridized carbons (Fsp3) is 0.455. The van der Waals surface area contributed by atoms with E-state index in [0.29, 0.717) is 23.7 Å². The molecular weight excluding hydrogens is 240 g/mol. The molecule has 0 spiro atoms. The number of hydrogen-bond acceptors (Lipinski definition) is 5. The summed E-state index contributed by atoms with van der Waals surface area (Å²) in [5.41, 5.74) is 6.09. The molecule has 1 rings (SSSR count). The van der Waals surface area contributed by atoms with Gasteiger partial charge in [-0.15, -0.1) is 11.3 Å². The quantitative estimate of drug-likeness (QED) is 0.828. The second-order valence-electron chi connectivity index (χ2n) is 3.52. The number of amides is 1. The number of esters is 1. The van der Waals surface area contributed by atoms with Crippen LogP contribution in [0.5, 0.6) is 0 Å². The lowest BCUT2D eigenvalue weighted by Crippen LogP contribution is -2.27. The fourth-order valence-corrected chi connectivity index (χ4v) is 2.37. The van der Waals surface area contributed by atoms with Crippen molar-refractivity contribution in [3.05, 3.63) is 16.5 Å². The molecule has 0 fully saturated rings. The van der Waals surface area contributed by atoms with Gasteiger partial charge in [-0.05, 0) is 13.0 Å². The number of nitrogens with two attached hydrogens (primary N) is 1. The maximum absolute atomic E-state index is 11.4. The van der Waals surface area contributed by atoms with Crippen molar-refractivity contribution < 1.29 is 14.3 Å². The Morgan fingerprint density at radius 1 is 1.53 bits per heavy atom. The summed E-state index contributed by atoms with van der Waals surface area (Å²) < 4.78 is 4.62. The number of methoxy groups -OCH3 is 1. The minimum absolute atomic E-state index is 0.000843. The van der Waals surface area contributed by atoms with Gasteiger partial charge in [0.05, 0.1) is 19.2 Å². The van der Waals surface area contributed by atoms with E-state index in [1.54, 1.807) is 11.0 Å². The molecule has 1 aromatic rings. The maximum Gasteiger partial charge on any atom is 0.340 e. The number of hydrogen-bond donors (Lipinski definition) is 1. The highest BCUT2D eigenvalue weighted by Crippen LogP contribution is 2.26. The number of rotatable bonds is 4. The van der Waals surface area contributed by atoms with E-state index in [-0.39, 0.29) is 5.91 Å². The fourth-order valence-electron chi connectivity index (χ4n) is 1.44. The molecule has 0 aliphatic heterocycles. The Hall–Kier alpha value is -1.56. The van der Waals surface area contributed by atoms with Crippen LogP contribution in [-0.2, 0) is 16.1 Å². The summed E-state index contributed by atoms with van der Waals surface area (Å²) in [7, 11) is 1.31. The highest BCUT2D eigenvalue weighted by atomic mass is 32.1. The number of anilines is 1. The Balaban J connectivity index is 2.86. The molecular formula is C11H16N2O3S. The van der Waals surface area contributed by atoms with Crippen LogP contribution in [0, 0.1) is 0 Å². The number of carbonyl (C=O) groups excluding carboxylic acids is 2. The lowest BCUT2D eigenvalue weighted by molar-refractivity contribution is -0.129. The molecule has 0 aliphatic carbocycles. The van der Waals surface area contributed by atoms with E-state index < -0.39 is 5.97 Å². The molecule has 0 aliphatic rings. The normalized spacial score (nSPS) is 10.1. The second kappa shape index (κ2) is 5.67. The van der Waals surface area contributed by atoms with Crippen LogP contribution in [0.1, 0.15) is 29.1 Å². The van der Waals surface area contributed by atoms with Crippen molar-refractivity contribution in [2.45, 2.75) is 20.4 Å². The van der Waals surface area contributed by atoms with E-state index in [9.17, 15) is 9.59 Å². The minimum Gasteiger partial charge on any atom is -0.465 e. The van der Waals surface area contributed by atoms with Crippen LogP contribution >= 0.6 is 11.3 Å². The van der Waals surface area contributed by atoms with E-state index in [1.807, 2.05) is 6.92 Å². The molecule has 0 saturated heterocycles. The second-order valence-corrected chi connectivity index (χ2v) is 4.68. The van der Waals surface area contributed by atoms with Gasteiger partial charge in [0.2, 0.25) is 5.91 Å². The summed E-state index contributed by atoms with van der Waals surface area (Å²) in [6, 6.07) is 1.68. The van der Waals surface area contributed by atoms with Gasteiger partial charge in [0.25, 0.3) is 0 Å². The monoisotopic (exact) mass is 256 g/mol. The lowest BCUT2D eigenvalue weighted by atomic mass is 10.3. The summed E-state index contributed by atoms with van der Waals surface area (Å²) >= 11 is 1.30. The first kappa shape index (κ1) is 13.5. The Bertz CT molecular complexity index is 428. The summed E-state index contributed by atoms with van der Waals surface area (Å²) in [6.07, 6.45) is 0. The number of ether oxygens (including phenoxy) is 1. The van der Waals surface area contributed by atoms with Crippen LogP contribution in [0.15, 0.2) is 6.07 Å². The van der Waals surface area contributed by atoms with Crippen molar-refractivity contribution in [1.29, 1.82) is 0 Å². The van der Waals surface area contributed by atoms with Crippen molar-refractivity contribution >= 4 is 28.2 Å². The van der Waals surface area contributed by atoms with Gasteiger partial charge in [0.15, 0.2) is 0 Å². The van der Waals surface area contributed by atoms with E-state index >= 15 is 0 Å². The van der Waals surface area contributed by atoms with Gasteiger partial charge in [-0.2, -0.15) is 0 Å². The molecule has 94 valence electrons. The van der Waals surface area contributed by atoms with Gasteiger partial charge in [-0.25, -0.2) is 4.79 Å². The van der Waals surface area contributed by atoms with Gasteiger partial charge < -0.3 is 15.4 Å². The Morgan fingerprint density at radius 2 is 2.18 bits per heavy atom. The van der Waals surface area contributed by atoms with Crippen LogP contribution in [-0.4, -0.2) is 30.4 Å². The van der Waals surface area contributed by atoms with Gasteiger partial charge in [0.1, 0.15) is 5.00 Å². The molecule has 0 bridgehead atoms. The minimum atomic E-state index is -0.448. The predicted molar refractivity (Wildman–Crippen MR) is 66.8 cm³/mol. The van der Waals surface area contributed by atoms with Crippen LogP contribution in [0.3, 0.4) is 0 Å². The Labute approximate surface area is 104 Å². The van der Waals surface area contributed by atoms with Gasteiger partial charge in [-0.1, -0.05) is 0 Å². The lowest BCUT2D eigenvalue weighted by Gasteiger charge is -2.17. The topological polar surface area (TPSA) is 72.6 Å². The average molecular weight is 256 g/mol. The molecule has 0 saturated carbocycles. The molecule has 0 radical (unpaired) electrons. The van der Waals surface area contributed by atoms with Crippen LogP contribution < -0.4 is 5.73 Å². The van der Waals surface area contributed by atoms with Crippen molar-refractivity contribution in [3.63, 3.8) is 0 Å². The number of nitrogen functional groups attached to an aromatic ring is 1. The molecule has 2 N–H and O–H groups in total. The SMILES string of the molecule is CCN(Cc1cc(C(=O)OC)c(N)s1)C(C)=O. The van der Waals surface area contributed by atoms with E-state index in [4.69, 9.17) is 5.73 Å². The Kier molecular flexibility index (Phi) is 4.51. The third-order valence-corrected chi connectivity index (χ3v) is 3.34. The van der Waals surface area contributed by atoms with E-state index in [1.165, 1.54) is 25.4 Å². The zero-order valence-corrected chi connectivity index (χ0v) is 11.0. The first-order valence-corrected chi connectivity index (χ1v) is 6.03. The third kappa shape index (κ3) is 3.20. The third-order valence-electron chi connectivity index (χ3n) is 2.39. The molecule has 1 heterocycles. The summed E-state index contributed by atoms with van der Waals surface area (Å²) in [5, 5.41) is 0.423. The molecule has 0 unspecified atom stereocenters. The zero-order valence-electron chi connectivity index (χ0n) is 10.1. The van der Waals surface area contributed by atoms with Crippen molar-refractivity contribution in [2.75, 3.05) is 19.4 Å². The molecule has 1 amide bonds. The standard InChI is InChI=1S/C11H16N2O3S/c1-4-13(7(2)14)6-8-5-9(10(12)17-8)11(15)16-3/h5H,4,6,12H2,1-3H3. The summed E-state index contributed by atoms with van der Waals surface area (Å²) in [4.78, 5) is 25.2. The highest BCUT2D eigenvalue weighted by molar-refractivity contribution is 7.16. The molecule has 1 aromatic heterocycles. The summed E-state index contributed by atoms with van der Waals surface area (Å²) in [5.74, 6) is -0.449. The van der Waals surface area contributed by atoms with Crippen molar-refractivity contribution in [3.8, 4) is 0 Å². The van der Waals surface area contributed by atoms with Crippen LogP contribution in [0.4, 0.5) is 5.00 Å². The maximum atomic E-state index is 11.4. The van der Waals surface area contributed by atoms with Crippen molar-refractivity contribution in [2.24, 2.45) is 0 Å². The van der Waals surface area contributed by atoms with Gasteiger partial charge in [-0.3, -0.25) is 4.79 Å². The molecule has 0 aromatic carbocycles. The largest absolute Gasteiger partial charge is 0.465 e. The van der Waals surface area contributed by atoms with Crippen molar-refractivity contribution in [1.82, 2.24) is 4.90 Å². The van der Waals surface area contributed by atoms with Gasteiger partial charge >= 0.3 is 5.97 Å². The predicted octanol–water partition coefficient (Wildman–Crippen LogP) is 1.49. The molecule has 0 atom stereocenters. The number of nitrogens with zero attached hydrogens (tertiary/aromatic N) is 1. The van der Waals surface area contributed by atoms with Crippen LogP contribution in [0.2, 0.25) is 0 Å². The zero-order chi connectivity index (χ0) is 13.0. The van der Waals surface area contributed by atoms with E-state index in [2.05, 4.69) is 4.74 Å². The number of carbonyl (C=O) groups is 2. The van der Waals surface area contributed by atoms with Gasteiger partial charge in [0, 0.05) is 18.3 Å². The first-order valence-electron chi connectivity index (χ1n) is 5.21. The molecule has 5 nitrogen and oxygen atoms in total. The Morgan fingerprint density at radius 3 is 2.65 bits per heavy atom. The van der Waals surface area contributed by atoms with Crippen LogP contribution in [0.25, 0.3) is 0 Å². The summed E-state index contributed by atoms with van der Waals surface area (Å²) in [6.45, 7) is 4.51. The number of thiophene rings is 1. The molecule has 6 heteroatoms.